The molecule has 0 spiro atoms. The lowest BCUT2D eigenvalue weighted by molar-refractivity contribution is 0.0951. The van der Waals surface area contributed by atoms with Crippen LogP contribution in [0.4, 0.5) is 0 Å². The van der Waals surface area contributed by atoms with Crippen molar-refractivity contribution < 1.29 is 23.7 Å². The lowest BCUT2D eigenvalue weighted by atomic mass is 10.2. The van der Waals surface area contributed by atoms with Gasteiger partial charge >= 0.3 is 0 Å². The molecule has 0 aliphatic carbocycles. The van der Waals surface area contributed by atoms with Crippen LogP contribution in [0.5, 0.6) is 23.0 Å². The molecule has 0 saturated carbocycles. The molecular formula is C20H21N3O5. The molecule has 3 rings (SSSR count). The first kappa shape index (κ1) is 19.1. The van der Waals surface area contributed by atoms with Gasteiger partial charge in [0.2, 0.25) is 0 Å². The predicted octanol–water partition coefficient (Wildman–Crippen LogP) is 2.97. The van der Waals surface area contributed by atoms with Crippen LogP contribution in [0, 0.1) is 0 Å². The Labute approximate surface area is 162 Å². The third-order valence-electron chi connectivity index (χ3n) is 4.18. The van der Waals surface area contributed by atoms with Gasteiger partial charge in [-0.1, -0.05) is 0 Å². The molecule has 2 N–H and O–H groups in total. The topological polar surface area (TPSA) is 94.2 Å². The second-order valence-corrected chi connectivity index (χ2v) is 5.78. The van der Waals surface area contributed by atoms with E-state index in [9.17, 15) is 4.79 Å². The van der Waals surface area contributed by atoms with Crippen LogP contribution < -0.4 is 24.4 Å². The number of fused-ring (bicyclic) bond motifs is 1. The fourth-order valence-corrected chi connectivity index (χ4v) is 2.75. The number of carbonyl (C=O) groups is 1. The van der Waals surface area contributed by atoms with Crippen LogP contribution in [0.1, 0.15) is 16.1 Å². The molecule has 3 aromatic rings. The number of nitrogens with one attached hydrogen (secondary N) is 2. The normalized spacial score (nSPS) is 10.9. The zero-order valence-corrected chi connectivity index (χ0v) is 16.0. The van der Waals surface area contributed by atoms with Crippen LogP contribution in [-0.2, 0) is 0 Å². The zero-order valence-electron chi connectivity index (χ0n) is 16.0. The maximum absolute atomic E-state index is 12.5. The number of nitrogens with zero attached hydrogens (tertiary/aromatic N) is 1. The Kier molecular flexibility index (Phi) is 5.69. The summed E-state index contributed by atoms with van der Waals surface area (Å²) in [4.78, 5) is 15.5. The van der Waals surface area contributed by atoms with Crippen molar-refractivity contribution in [3.63, 3.8) is 0 Å². The summed E-state index contributed by atoms with van der Waals surface area (Å²) in [5.41, 5.74) is 4.23. The summed E-state index contributed by atoms with van der Waals surface area (Å²) in [6.07, 6.45) is 1.49. The first-order valence-corrected chi connectivity index (χ1v) is 8.39. The van der Waals surface area contributed by atoms with E-state index in [2.05, 4.69) is 15.5 Å². The molecule has 0 saturated heterocycles. The molecule has 146 valence electrons. The second kappa shape index (κ2) is 8.34. The van der Waals surface area contributed by atoms with E-state index in [0.717, 1.165) is 10.9 Å². The van der Waals surface area contributed by atoms with Crippen LogP contribution in [0.25, 0.3) is 10.9 Å². The van der Waals surface area contributed by atoms with E-state index in [1.807, 2.05) is 0 Å². The minimum atomic E-state index is -0.393. The highest BCUT2D eigenvalue weighted by atomic mass is 16.5. The van der Waals surface area contributed by atoms with Crippen LogP contribution >= 0.6 is 0 Å². The fraction of sp³-hybridized carbons (Fsp3) is 0.200. The highest BCUT2D eigenvalue weighted by molar-refractivity contribution is 6.00. The number of hydrazone groups is 1. The van der Waals surface area contributed by atoms with Crippen molar-refractivity contribution in [3.05, 3.63) is 47.7 Å². The van der Waals surface area contributed by atoms with Gasteiger partial charge in [0.05, 0.1) is 40.2 Å². The van der Waals surface area contributed by atoms with Crippen molar-refractivity contribution in [1.82, 2.24) is 10.4 Å². The monoisotopic (exact) mass is 383 g/mol. The van der Waals surface area contributed by atoms with E-state index in [1.165, 1.54) is 6.21 Å². The Morgan fingerprint density at radius 1 is 0.929 bits per heavy atom. The number of H-pyrrole nitrogens is 1. The average Bonchev–Trinajstić information content (AvgIpc) is 3.17. The SMILES string of the molecule is COc1ccc(OC)c(/C=N\NC(=O)c2cc3c(OC)cc(OC)cc3[nH]2)c1. The molecule has 28 heavy (non-hydrogen) atoms. The molecule has 1 aromatic heterocycles. The largest absolute Gasteiger partial charge is 0.497 e. The number of hydrogen-bond donors (Lipinski definition) is 2. The molecule has 1 heterocycles. The Balaban J connectivity index is 1.81. The quantitative estimate of drug-likeness (QED) is 0.483. The Bertz CT molecular complexity index is 1030. The number of rotatable bonds is 7. The molecule has 8 heteroatoms. The minimum Gasteiger partial charge on any atom is -0.497 e. The summed E-state index contributed by atoms with van der Waals surface area (Å²) in [7, 11) is 6.26. The first-order chi connectivity index (χ1) is 13.6. The van der Waals surface area contributed by atoms with Crippen molar-refractivity contribution in [2.45, 2.75) is 0 Å². The standard InChI is InChI=1S/C20H21N3O5/c1-25-13-5-6-18(27-3)12(7-13)11-21-23-20(24)17-10-15-16(22-17)8-14(26-2)9-19(15)28-4/h5-11,22H,1-4H3,(H,23,24)/b21-11-. The molecule has 0 aliphatic heterocycles. The lowest BCUT2D eigenvalue weighted by Crippen LogP contribution is -2.17. The highest BCUT2D eigenvalue weighted by Crippen LogP contribution is 2.31. The molecule has 0 unspecified atom stereocenters. The number of aromatic amines is 1. The molecule has 0 atom stereocenters. The van der Waals surface area contributed by atoms with Gasteiger partial charge in [-0.25, -0.2) is 5.43 Å². The molecule has 0 fully saturated rings. The van der Waals surface area contributed by atoms with Gasteiger partial charge in [0.15, 0.2) is 0 Å². The molecule has 1 amide bonds. The Hall–Kier alpha value is -3.68. The van der Waals surface area contributed by atoms with E-state index in [1.54, 1.807) is 64.8 Å². The Morgan fingerprint density at radius 3 is 2.36 bits per heavy atom. The van der Waals surface area contributed by atoms with Crippen molar-refractivity contribution in [1.29, 1.82) is 0 Å². The smallest absolute Gasteiger partial charge is 0.287 e. The van der Waals surface area contributed by atoms with Crippen LogP contribution in [0.15, 0.2) is 41.5 Å². The average molecular weight is 383 g/mol. The van der Waals surface area contributed by atoms with Crippen molar-refractivity contribution in [2.75, 3.05) is 28.4 Å². The van der Waals surface area contributed by atoms with Gasteiger partial charge in [0.1, 0.15) is 28.7 Å². The molecule has 0 aliphatic rings. The van der Waals surface area contributed by atoms with Gasteiger partial charge < -0.3 is 23.9 Å². The zero-order chi connectivity index (χ0) is 20.1. The van der Waals surface area contributed by atoms with E-state index in [0.29, 0.717) is 34.3 Å². The predicted molar refractivity (Wildman–Crippen MR) is 106 cm³/mol. The maximum atomic E-state index is 12.5. The molecular weight excluding hydrogens is 362 g/mol. The lowest BCUT2D eigenvalue weighted by Gasteiger charge is -2.06. The van der Waals surface area contributed by atoms with Gasteiger partial charge in [-0.3, -0.25) is 4.79 Å². The van der Waals surface area contributed by atoms with Gasteiger partial charge in [0.25, 0.3) is 5.91 Å². The number of aromatic nitrogens is 1. The second-order valence-electron chi connectivity index (χ2n) is 5.78. The van der Waals surface area contributed by atoms with Gasteiger partial charge in [-0.2, -0.15) is 5.10 Å². The number of carbonyl (C=O) groups excluding carboxylic acids is 1. The molecule has 8 nitrogen and oxygen atoms in total. The Morgan fingerprint density at radius 2 is 1.68 bits per heavy atom. The summed E-state index contributed by atoms with van der Waals surface area (Å²) in [5.74, 6) is 2.11. The first-order valence-electron chi connectivity index (χ1n) is 8.39. The van der Waals surface area contributed by atoms with E-state index in [-0.39, 0.29) is 0 Å². The highest BCUT2D eigenvalue weighted by Gasteiger charge is 2.13. The number of hydrogen-bond acceptors (Lipinski definition) is 6. The van der Waals surface area contributed by atoms with E-state index >= 15 is 0 Å². The summed E-state index contributed by atoms with van der Waals surface area (Å²) in [6, 6.07) is 10.5. The van der Waals surface area contributed by atoms with Crippen molar-refractivity contribution in [3.8, 4) is 23.0 Å². The number of benzene rings is 2. The number of methoxy groups -OCH3 is 4. The van der Waals surface area contributed by atoms with Crippen molar-refractivity contribution >= 4 is 23.0 Å². The summed E-state index contributed by atoms with van der Waals surface area (Å²) >= 11 is 0. The fourth-order valence-electron chi connectivity index (χ4n) is 2.75. The maximum Gasteiger partial charge on any atom is 0.287 e. The van der Waals surface area contributed by atoms with Crippen LogP contribution in [0.3, 0.4) is 0 Å². The minimum absolute atomic E-state index is 0.344. The summed E-state index contributed by atoms with van der Waals surface area (Å²) in [5, 5.41) is 4.78. The van der Waals surface area contributed by atoms with Crippen molar-refractivity contribution in [2.24, 2.45) is 5.10 Å². The number of amides is 1. The van der Waals surface area contributed by atoms with Gasteiger partial charge in [0, 0.05) is 23.1 Å². The molecule has 0 bridgehead atoms. The summed E-state index contributed by atoms with van der Waals surface area (Å²) in [6.45, 7) is 0. The van der Waals surface area contributed by atoms with E-state index in [4.69, 9.17) is 18.9 Å². The third-order valence-corrected chi connectivity index (χ3v) is 4.18. The van der Waals surface area contributed by atoms with Gasteiger partial charge in [-0.05, 0) is 24.3 Å². The molecule has 0 radical (unpaired) electrons. The number of ether oxygens (including phenoxy) is 4. The third kappa shape index (κ3) is 3.85. The van der Waals surface area contributed by atoms with E-state index < -0.39 is 5.91 Å². The van der Waals surface area contributed by atoms with Gasteiger partial charge in [-0.15, -0.1) is 0 Å². The molecule has 2 aromatic carbocycles. The van der Waals surface area contributed by atoms with Crippen LogP contribution in [-0.4, -0.2) is 45.5 Å². The summed E-state index contributed by atoms with van der Waals surface area (Å²) < 4.78 is 21.1. The van der Waals surface area contributed by atoms with Crippen LogP contribution in [0.2, 0.25) is 0 Å².